The molecule has 0 saturated carbocycles. The molecule has 3 N–H and O–H groups in total. The van der Waals surface area contributed by atoms with Gasteiger partial charge in [0.05, 0.1) is 7.11 Å². The molecule has 142 valence electrons. The van der Waals surface area contributed by atoms with E-state index in [9.17, 15) is 19.8 Å². The average molecular weight is 377 g/mol. The highest BCUT2D eigenvalue weighted by molar-refractivity contribution is 6.09. The van der Waals surface area contributed by atoms with Crippen LogP contribution in [0, 0.1) is 0 Å². The van der Waals surface area contributed by atoms with E-state index in [1.54, 1.807) is 31.4 Å². The molecule has 0 aliphatic carbocycles. The quantitative estimate of drug-likeness (QED) is 0.649. The number of hydrogen-bond acceptors (Lipinski definition) is 4. The molecule has 1 heterocycles. The molecule has 6 heteroatoms. The van der Waals surface area contributed by atoms with E-state index in [0.717, 1.165) is 27.5 Å². The number of carbonyl (C=O) groups excluding carboxylic acids is 1. The number of carboxylic acids is 1. The van der Waals surface area contributed by atoms with E-state index in [1.165, 1.54) is 6.92 Å². The van der Waals surface area contributed by atoms with Gasteiger partial charge in [-0.1, -0.05) is 24.3 Å². The smallest absolute Gasteiger partial charge is 0.340 e. The molecule has 0 radical (unpaired) electrons. The van der Waals surface area contributed by atoms with Crippen LogP contribution < -0.4 is 10.1 Å². The van der Waals surface area contributed by atoms with Gasteiger partial charge < -0.3 is 20.3 Å². The number of carboxylic acid groups (broad SMARTS) is 1. The van der Waals surface area contributed by atoms with Crippen molar-refractivity contribution in [1.29, 1.82) is 0 Å². The number of methoxy groups -OCH3 is 1. The number of hydrogen-bond donors (Lipinski definition) is 3. The van der Waals surface area contributed by atoms with Crippen LogP contribution in [0.5, 0.6) is 5.75 Å². The molecule has 1 amide bonds. The molecule has 0 bridgehead atoms. The number of benzene rings is 3. The molecule has 0 spiro atoms. The topological polar surface area (TPSA) is 95.9 Å². The zero-order valence-electron chi connectivity index (χ0n) is 15.4. The van der Waals surface area contributed by atoms with Crippen molar-refractivity contribution in [3.63, 3.8) is 0 Å². The van der Waals surface area contributed by atoms with Crippen LogP contribution in [-0.4, -0.2) is 29.2 Å². The molecular weight excluding hydrogens is 358 g/mol. The van der Waals surface area contributed by atoms with Gasteiger partial charge in [-0.05, 0) is 64.2 Å². The Kier molecular flexibility index (Phi) is 4.08. The number of amides is 1. The molecule has 0 aromatic heterocycles. The van der Waals surface area contributed by atoms with E-state index in [2.05, 4.69) is 5.32 Å². The van der Waals surface area contributed by atoms with Crippen LogP contribution >= 0.6 is 0 Å². The van der Waals surface area contributed by atoms with Gasteiger partial charge in [0.15, 0.2) is 5.60 Å². The Hall–Kier alpha value is -3.38. The molecule has 0 saturated heterocycles. The van der Waals surface area contributed by atoms with Gasteiger partial charge >= 0.3 is 5.97 Å². The molecule has 1 atom stereocenters. The van der Waals surface area contributed by atoms with Crippen molar-refractivity contribution in [3.8, 4) is 16.9 Å². The maximum absolute atomic E-state index is 12.3. The monoisotopic (exact) mass is 377 g/mol. The van der Waals surface area contributed by atoms with Gasteiger partial charge in [0.25, 0.3) is 5.91 Å². The fraction of sp³-hybridized carbons (Fsp3) is 0.182. The summed E-state index contributed by atoms with van der Waals surface area (Å²) < 4.78 is 5.23. The number of aliphatic carboxylic acids is 1. The van der Waals surface area contributed by atoms with E-state index in [4.69, 9.17) is 4.74 Å². The molecule has 6 nitrogen and oxygen atoms in total. The van der Waals surface area contributed by atoms with Gasteiger partial charge in [0.1, 0.15) is 5.75 Å². The molecular formula is C22H19NO5. The average Bonchev–Trinajstić information content (AvgIpc) is 3.06. The maximum Gasteiger partial charge on any atom is 0.340 e. The lowest BCUT2D eigenvalue weighted by atomic mass is 9.87. The Morgan fingerprint density at radius 1 is 1.14 bits per heavy atom. The van der Waals surface area contributed by atoms with E-state index in [-0.39, 0.29) is 11.5 Å². The standard InChI is InChI=1S/C22H19NO5/c1-22(27,21(25)26)14-6-3-13-9-17-18(11-23-20(17)24)19(16(13)10-14)12-4-7-15(28-2)8-5-12/h3-10,27H,11H2,1-2H3,(H,23,24)(H,25,26). The summed E-state index contributed by atoms with van der Waals surface area (Å²) in [5.41, 5.74) is 1.45. The minimum atomic E-state index is -2.02. The number of ether oxygens (including phenoxy) is 1. The van der Waals surface area contributed by atoms with Crippen LogP contribution in [0.25, 0.3) is 21.9 Å². The second-order valence-corrected chi connectivity index (χ2v) is 7.00. The minimum absolute atomic E-state index is 0.131. The zero-order chi connectivity index (χ0) is 20.1. The third-order valence-electron chi connectivity index (χ3n) is 5.28. The van der Waals surface area contributed by atoms with Crippen LogP contribution in [0.15, 0.2) is 48.5 Å². The number of aliphatic hydroxyl groups is 1. The van der Waals surface area contributed by atoms with Crippen LogP contribution in [0.4, 0.5) is 0 Å². The SMILES string of the molecule is COc1ccc(-c2c3c(cc4ccc(C(C)(O)C(=O)O)cc24)C(=O)NC3)cc1. The third-order valence-corrected chi connectivity index (χ3v) is 5.28. The first kappa shape index (κ1) is 18.0. The normalized spacial score (nSPS) is 15.0. The van der Waals surface area contributed by atoms with Crippen molar-refractivity contribution < 1.29 is 24.5 Å². The Balaban J connectivity index is 2.03. The lowest BCUT2D eigenvalue weighted by molar-refractivity contribution is -0.157. The van der Waals surface area contributed by atoms with Crippen molar-refractivity contribution in [1.82, 2.24) is 5.32 Å². The van der Waals surface area contributed by atoms with Gasteiger partial charge in [-0.25, -0.2) is 4.79 Å². The molecule has 1 aliphatic heterocycles. The van der Waals surface area contributed by atoms with Gasteiger partial charge in [-0.3, -0.25) is 4.79 Å². The third kappa shape index (κ3) is 2.70. The number of rotatable bonds is 4. The first-order valence-electron chi connectivity index (χ1n) is 8.81. The van der Waals surface area contributed by atoms with Crippen molar-refractivity contribution in [2.75, 3.05) is 7.11 Å². The number of fused-ring (bicyclic) bond motifs is 2. The zero-order valence-corrected chi connectivity index (χ0v) is 15.4. The molecule has 1 aliphatic rings. The summed E-state index contributed by atoms with van der Waals surface area (Å²) >= 11 is 0. The summed E-state index contributed by atoms with van der Waals surface area (Å²) in [6.07, 6.45) is 0. The summed E-state index contributed by atoms with van der Waals surface area (Å²) in [7, 11) is 1.59. The molecule has 28 heavy (non-hydrogen) atoms. The minimum Gasteiger partial charge on any atom is -0.497 e. The Labute approximate surface area is 161 Å². The fourth-order valence-corrected chi connectivity index (χ4v) is 3.60. The van der Waals surface area contributed by atoms with Gasteiger partial charge in [-0.2, -0.15) is 0 Å². The maximum atomic E-state index is 12.3. The predicted molar refractivity (Wildman–Crippen MR) is 104 cm³/mol. The Morgan fingerprint density at radius 2 is 1.86 bits per heavy atom. The molecule has 0 fully saturated rings. The summed E-state index contributed by atoms with van der Waals surface area (Å²) in [5, 5.41) is 24.2. The lowest BCUT2D eigenvalue weighted by Gasteiger charge is -2.20. The first-order valence-corrected chi connectivity index (χ1v) is 8.81. The van der Waals surface area contributed by atoms with Gasteiger partial charge in [0.2, 0.25) is 0 Å². The molecule has 3 aromatic rings. The van der Waals surface area contributed by atoms with Gasteiger partial charge in [-0.15, -0.1) is 0 Å². The van der Waals surface area contributed by atoms with Crippen LogP contribution in [0.3, 0.4) is 0 Å². The Bertz CT molecular complexity index is 1120. The summed E-state index contributed by atoms with van der Waals surface area (Å²) in [4.78, 5) is 23.8. The van der Waals surface area contributed by atoms with E-state index < -0.39 is 11.6 Å². The van der Waals surface area contributed by atoms with Crippen molar-refractivity contribution in [3.05, 3.63) is 65.2 Å². The Morgan fingerprint density at radius 3 is 2.50 bits per heavy atom. The van der Waals surface area contributed by atoms with E-state index in [1.807, 2.05) is 24.3 Å². The highest BCUT2D eigenvalue weighted by Crippen LogP contribution is 2.39. The van der Waals surface area contributed by atoms with E-state index >= 15 is 0 Å². The number of carbonyl (C=O) groups is 2. The van der Waals surface area contributed by atoms with Crippen molar-refractivity contribution >= 4 is 22.6 Å². The first-order chi connectivity index (χ1) is 13.3. The number of nitrogens with one attached hydrogen (secondary N) is 1. The largest absolute Gasteiger partial charge is 0.497 e. The predicted octanol–water partition coefficient (Wildman–Crippen LogP) is 3.05. The fourth-order valence-electron chi connectivity index (χ4n) is 3.60. The summed E-state index contributed by atoms with van der Waals surface area (Å²) in [6.45, 7) is 1.65. The summed E-state index contributed by atoms with van der Waals surface area (Å²) in [5.74, 6) is -0.742. The molecule has 4 rings (SSSR count). The second-order valence-electron chi connectivity index (χ2n) is 7.00. The van der Waals surface area contributed by atoms with Crippen molar-refractivity contribution in [2.45, 2.75) is 19.1 Å². The van der Waals surface area contributed by atoms with Crippen LogP contribution in [0.2, 0.25) is 0 Å². The lowest BCUT2D eigenvalue weighted by Crippen LogP contribution is -2.31. The summed E-state index contributed by atoms with van der Waals surface area (Å²) in [6, 6.07) is 14.3. The van der Waals surface area contributed by atoms with E-state index in [0.29, 0.717) is 17.9 Å². The highest BCUT2D eigenvalue weighted by atomic mass is 16.5. The van der Waals surface area contributed by atoms with Crippen LogP contribution in [0.1, 0.15) is 28.4 Å². The van der Waals surface area contributed by atoms with Crippen molar-refractivity contribution in [2.24, 2.45) is 0 Å². The van der Waals surface area contributed by atoms with Crippen LogP contribution in [-0.2, 0) is 16.9 Å². The second kappa shape index (κ2) is 6.35. The molecule has 3 aromatic carbocycles. The molecule has 1 unspecified atom stereocenters. The van der Waals surface area contributed by atoms with Gasteiger partial charge in [0, 0.05) is 12.1 Å². The highest BCUT2D eigenvalue weighted by Gasteiger charge is 2.33.